The van der Waals surface area contributed by atoms with Crippen molar-refractivity contribution >= 4 is 33.2 Å². The van der Waals surface area contributed by atoms with Crippen LogP contribution in [0.15, 0.2) is 36.4 Å². The van der Waals surface area contributed by atoms with Crippen LogP contribution in [0.4, 0.5) is 5.69 Å². The Morgan fingerprint density at radius 1 is 1.14 bits per heavy atom. The molecule has 0 saturated carbocycles. The van der Waals surface area contributed by atoms with Crippen molar-refractivity contribution in [1.82, 2.24) is 5.32 Å². The maximum Gasteiger partial charge on any atom is 0.241 e. The summed E-state index contributed by atoms with van der Waals surface area (Å²) in [4.78, 5) is 12.6. The van der Waals surface area contributed by atoms with E-state index in [1.165, 1.54) is 13.2 Å². The first-order chi connectivity index (χ1) is 13.6. The van der Waals surface area contributed by atoms with Crippen LogP contribution in [0.25, 0.3) is 0 Å². The zero-order valence-electron chi connectivity index (χ0n) is 17.0. The molecule has 2 rings (SSSR count). The van der Waals surface area contributed by atoms with E-state index < -0.39 is 15.9 Å². The zero-order chi connectivity index (χ0) is 21.8. The standard InChI is InChI=1S/C20H25ClN2O5S/c1-13-6-8-16(21)11-17(13)23(29(5,25)26)12-20(24)22-14(2)15-7-9-18(27-3)19(10-15)28-4/h6-11,14H,12H2,1-5H3,(H,22,24). The van der Waals surface area contributed by atoms with Crippen LogP contribution in [0.1, 0.15) is 24.1 Å². The van der Waals surface area contributed by atoms with E-state index in [0.29, 0.717) is 27.8 Å². The van der Waals surface area contributed by atoms with Crippen LogP contribution in [-0.2, 0) is 14.8 Å². The lowest BCUT2D eigenvalue weighted by Crippen LogP contribution is -2.41. The number of benzene rings is 2. The van der Waals surface area contributed by atoms with Crippen molar-refractivity contribution in [2.75, 3.05) is 31.3 Å². The van der Waals surface area contributed by atoms with E-state index in [4.69, 9.17) is 21.1 Å². The SMILES string of the molecule is COc1ccc(C(C)NC(=O)CN(c2cc(Cl)ccc2C)S(C)(=O)=O)cc1OC. The molecule has 1 N–H and O–H groups in total. The fourth-order valence-corrected chi connectivity index (χ4v) is 3.93. The molecule has 29 heavy (non-hydrogen) atoms. The minimum atomic E-state index is -3.70. The van der Waals surface area contributed by atoms with E-state index in [1.807, 2.05) is 6.07 Å². The molecule has 2 aromatic rings. The molecule has 0 heterocycles. The molecule has 1 atom stereocenters. The van der Waals surface area contributed by atoms with Crippen LogP contribution in [0.2, 0.25) is 5.02 Å². The Kier molecular flexibility index (Phi) is 7.37. The number of carbonyl (C=O) groups is 1. The number of amides is 1. The number of nitrogens with one attached hydrogen (secondary N) is 1. The van der Waals surface area contributed by atoms with E-state index in [0.717, 1.165) is 16.1 Å². The molecule has 9 heteroatoms. The maximum atomic E-state index is 12.6. The van der Waals surface area contributed by atoms with Crippen LogP contribution in [-0.4, -0.2) is 41.3 Å². The number of carbonyl (C=O) groups excluding carboxylic acids is 1. The van der Waals surface area contributed by atoms with E-state index in [-0.39, 0.29) is 12.6 Å². The second-order valence-electron chi connectivity index (χ2n) is 6.60. The molecule has 0 aromatic heterocycles. The van der Waals surface area contributed by atoms with Crippen LogP contribution in [0.3, 0.4) is 0 Å². The molecular formula is C20H25ClN2O5S. The summed E-state index contributed by atoms with van der Waals surface area (Å²) in [7, 11) is -0.623. The quantitative estimate of drug-likeness (QED) is 0.680. The fourth-order valence-electron chi connectivity index (χ4n) is 2.86. The summed E-state index contributed by atoms with van der Waals surface area (Å²) in [5.74, 6) is 0.671. The minimum Gasteiger partial charge on any atom is -0.493 e. The van der Waals surface area contributed by atoms with Gasteiger partial charge in [-0.15, -0.1) is 0 Å². The lowest BCUT2D eigenvalue weighted by molar-refractivity contribution is -0.120. The summed E-state index contributed by atoms with van der Waals surface area (Å²) in [6, 6.07) is 9.85. The van der Waals surface area contributed by atoms with Gasteiger partial charge in [-0.2, -0.15) is 0 Å². The number of hydrogen-bond acceptors (Lipinski definition) is 5. The number of ether oxygens (including phenoxy) is 2. The van der Waals surface area contributed by atoms with Gasteiger partial charge in [-0.1, -0.05) is 23.7 Å². The molecule has 0 saturated heterocycles. The Bertz CT molecular complexity index is 994. The summed E-state index contributed by atoms with van der Waals surface area (Å²) in [6.07, 6.45) is 1.05. The van der Waals surface area contributed by atoms with E-state index >= 15 is 0 Å². The first-order valence-electron chi connectivity index (χ1n) is 8.82. The van der Waals surface area contributed by atoms with Crippen molar-refractivity contribution < 1.29 is 22.7 Å². The first-order valence-corrected chi connectivity index (χ1v) is 11.0. The van der Waals surface area contributed by atoms with Gasteiger partial charge in [0.2, 0.25) is 15.9 Å². The average Bonchev–Trinajstić information content (AvgIpc) is 2.66. The topological polar surface area (TPSA) is 84.9 Å². The highest BCUT2D eigenvalue weighted by Crippen LogP contribution is 2.30. The third kappa shape index (κ3) is 5.77. The summed E-state index contributed by atoms with van der Waals surface area (Å²) in [6.45, 7) is 3.19. The van der Waals surface area contributed by atoms with Crippen molar-refractivity contribution in [1.29, 1.82) is 0 Å². The second kappa shape index (κ2) is 9.37. The lowest BCUT2D eigenvalue weighted by Gasteiger charge is -2.25. The highest BCUT2D eigenvalue weighted by molar-refractivity contribution is 7.92. The Balaban J connectivity index is 2.21. The summed E-state index contributed by atoms with van der Waals surface area (Å²) >= 11 is 6.02. The van der Waals surface area contributed by atoms with Crippen molar-refractivity contribution in [3.8, 4) is 11.5 Å². The smallest absolute Gasteiger partial charge is 0.241 e. The number of aryl methyl sites for hydroxylation is 1. The maximum absolute atomic E-state index is 12.6. The predicted molar refractivity (Wildman–Crippen MR) is 114 cm³/mol. The second-order valence-corrected chi connectivity index (χ2v) is 8.95. The Hall–Kier alpha value is -2.45. The lowest BCUT2D eigenvalue weighted by atomic mass is 10.1. The van der Waals surface area contributed by atoms with Gasteiger partial charge in [0.05, 0.1) is 32.2 Å². The van der Waals surface area contributed by atoms with Gasteiger partial charge in [0.1, 0.15) is 6.54 Å². The van der Waals surface area contributed by atoms with Crippen molar-refractivity contribution in [3.05, 3.63) is 52.5 Å². The normalized spacial score (nSPS) is 12.2. The molecule has 0 radical (unpaired) electrons. The molecule has 1 amide bonds. The summed E-state index contributed by atoms with van der Waals surface area (Å²) in [5.41, 5.74) is 1.86. The highest BCUT2D eigenvalue weighted by Gasteiger charge is 2.23. The molecule has 0 bridgehead atoms. The van der Waals surface area contributed by atoms with Gasteiger partial charge in [0, 0.05) is 5.02 Å². The van der Waals surface area contributed by atoms with Crippen LogP contribution in [0.5, 0.6) is 11.5 Å². The summed E-state index contributed by atoms with van der Waals surface area (Å²) in [5, 5.41) is 3.20. The van der Waals surface area contributed by atoms with Crippen LogP contribution < -0.4 is 19.1 Å². The van der Waals surface area contributed by atoms with Gasteiger partial charge in [-0.25, -0.2) is 8.42 Å². The largest absolute Gasteiger partial charge is 0.493 e. The molecule has 0 aliphatic carbocycles. The van der Waals surface area contributed by atoms with Gasteiger partial charge >= 0.3 is 0 Å². The number of halogens is 1. The number of sulfonamides is 1. The van der Waals surface area contributed by atoms with E-state index in [1.54, 1.807) is 45.2 Å². The predicted octanol–water partition coefficient (Wildman–Crippen LogP) is 3.31. The third-order valence-electron chi connectivity index (χ3n) is 4.41. The molecule has 0 aliphatic heterocycles. The van der Waals surface area contributed by atoms with Crippen LogP contribution in [0, 0.1) is 6.92 Å². The van der Waals surface area contributed by atoms with E-state index in [2.05, 4.69) is 5.32 Å². The minimum absolute atomic E-state index is 0.363. The van der Waals surface area contributed by atoms with Gasteiger partial charge in [0.25, 0.3) is 0 Å². The monoisotopic (exact) mass is 440 g/mol. The highest BCUT2D eigenvalue weighted by atomic mass is 35.5. The van der Waals surface area contributed by atoms with Gasteiger partial charge < -0.3 is 14.8 Å². The first kappa shape index (κ1) is 22.8. The number of anilines is 1. The van der Waals surface area contributed by atoms with Crippen LogP contribution >= 0.6 is 11.6 Å². The molecule has 0 aliphatic rings. The molecule has 7 nitrogen and oxygen atoms in total. The Morgan fingerprint density at radius 2 is 1.79 bits per heavy atom. The molecule has 0 spiro atoms. The van der Waals surface area contributed by atoms with Crippen molar-refractivity contribution in [2.24, 2.45) is 0 Å². The third-order valence-corrected chi connectivity index (χ3v) is 5.77. The molecule has 2 aromatic carbocycles. The van der Waals surface area contributed by atoms with Gasteiger partial charge in [-0.05, 0) is 49.2 Å². The van der Waals surface area contributed by atoms with E-state index in [9.17, 15) is 13.2 Å². The average molecular weight is 441 g/mol. The molecule has 0 fully saturated rings. The fraction of sp³-hybridized carbons (Fsp3) is 0.350. The van der Waals surface area contributed by atoms with Gasteiger partial charge in [-0.3, -0.25) is 9.10 Å². The Morgan fingerprint density at radius 3 is 2.38 bits per heavy atom. The number of methoxy groups -OCH3 is 2. The zero-order valence-corrected chi connectivity index (χ0v) is 18.6. The molecule has 1 unspecified atom stereocenters. The van der Waals surface area contributed by atoms with Gasteiger partial charge in [0.15, 0.2) is 11.5 Å². The Labute approximate surface area is 176 Å². The number of hydrogen-bond donors (Lipinski definition) is 1. The molecule has 158 valence electrons. The van der Waals surface area contributed by atoms with Crippen molar-refractivity contribution in [2.45, 2.75) is 19.9 Å². The van der Waals surface area contributed by atoms with Crippen molar-refractivity contribution in [3.63, 3.8) is 0 Å². The number of rotatable bonds is 8. The number of nitrogens with zero attached hydrogens (tertiary/aromatic N) is 1. The molecular weight excluding hydrogens is 416 g/mol. The summed E-state index contributed by atoms with van der Waals surface area (Å²) < 4.78 is 36.2.